The average molecular weight is 576 g/mol. The molecule has 0 unspecified atom stereocenters. The van der Waals surface area contributed by atoms with Gasteiger partial charge in [-0.05, 0) is 35.3 Å². The third-order valence-corrected chi connectivity index (χ3v) is 9.39. The van der Waals surface area contributed by atoms with Gasteiger partial charge >= 0.3 is 11.4 Å². The number of hydrogen-bond acceptors (Lipinski definition) is 6. The number of phenols is 1. The van der Waals surface area contributed by atoms with Gasteiger partial charge in [0, 0.05) is 30.0 Å². The van der Waals surface area contributed by atoms with Gasteiger partial charge in [-0.1, -0.05) is 78.9 Å². The molecular weight excluding hydrogens is 546 g/mol. The summed E-state index contributed by atoms with van der Waals surface area (Å²) < 4.78 is 9.30. The molecule has 9 heteroatoms. The van der Waals surface area contributed by atoms with Crippen molar-refractivity contribution in [2.45, 2.75) is 30.3 Å². The number of aromatic nitrogens is 3. The maximum atomic E-state index is 14.9. The first-order chi connectivity index (χ1) is 20.8. The molecule has 2 aliphatic carbocycles. The van der Waals surface area contributed by atoms with E-state index in [-0.39, 0.29) is 36.0 Å². The van der Waals surface area contributed by atoms with Crippen molar-refractivity contribution in [1.82, 2.24) is 13.9 Å². The summed E-state index contributed by atoms with van der Waals surface area (Å²) in [7, 11) is 2.88. The Morgan fingerprint density at radius 1 is 0.884 bits per heavy atom. The molecule has 3 aliphatic rings. The lowest BCUT2D eigenvalue weighted by Gasteiger charge is -2.54. The molecule has 1 N–H and O–H groups in total. The number of phenolic OH excluding ortho intramolecular Hbond substituents is 1. The molecule has 1 aliphatic heterocycles. The summed E-state index contributed by atoms with van der Waals surface area (Å²) in [6.45, 7) is 0.102. The number of benzene rings is 3. The first-order valence-electron chi connectivity index (χ1n) is 14.2. The zero-order valence-electron chi connectivity index (χ0n) is 23.6. The Morgan fingerprint density at radius 2 is 1.58 bits per heavy atom. The number of rotatable bonds is 4. The van der Waals surface area contributed by atoms with Gasteiger partial charge < -0.3 is 9.84 Å². The van der Waals surface area contributed by atoms with Gasteiger partial charge in [0.15, 0.2) is 23.1 Å². The van der Waals surface area contributed by atoms with Crippen LogP contribution in [0.3, 0.4) is 0 Å². The molecule has 0 radical (unpaired) electrons. The molecule has 1 fully saturated rings. The molecule has 0 amide bonds. The van der Waals surface area contributed by atoms with E-state index in [1.54, 1.807) is 30.3 Å². The number of carbonyl (C=O) groups is 2. The smallest absolute Gasteiger partial charge is 0.347 e. The summed E-state index contributed by atoms with van der Waals surface area (Å²) in [5.74, 6) is -2.20. The minimum Gasteiger partial charge on any atom is -0.504 e. The zero-order valence-corrected chi connectivity index (χ0v) is 23.6. The van der Waals surface area contributed by atoms with E-state index in [0.717, 1.165) is 4.57 Å². The Balaban J connectivity index is 1.58. The Morgan fingerprint density at radius 3 is 2.28 bits per heavy atom. The van der Waals surface area contributed by atoms with E-state index in [1.807, 2.05) is 54.6 Å². The highest BCUT2D eigenvalue weighted by Crippen LogP contribution is 2.62. The molecule has 4 aromatic rings. The van der Waals surface area contributed by atoms with Crippen LogP contribution >= 0.6 is 0 Å². The Labute approximate surface area is 246 Å². The molecule has 0 bridgehead atoms. The van der Waals surface area contributed by atoms with Crippen LogP contribution in [-0.2, 0) is 28.6 Å². The fourth-order valence-corrected chi connectivity index (χ4v) is 7.53. The monoisotopic (exact) mass is 575 g/mol. The third kappa shape index (κ3) is 3.57. The maximum Gasteiger partial charge on any atom is 0.347 e. The van der Waals surface area contributed by atoms with E-state index in [4.69, 9.17) is 4.74 Å². The highest BCUT2D eigenvalue weighted by atomic mass is 16.5. The number of fused-ring (bicyclic) bond motifs is 4. The topological polar surface area (TPSA) is 113 Å². The van der Waals surface area contributed by atoms with E-state index in [0.29, 0.717) is 27.8 Å². The summed E-state index contributed by atoms with van der Waals surface area (Å²) in [4.78, 5) is 56.1. The normalized spacial score (nSPS) is 24.4. The number of ketones is 2. The molecule has 3 aromatic carbocycles. The summed E-state index contributed by atoms with van der Waals surface area (Å²) >= 11 is 0. The zero-order chi connectivity index (χ0) is 30.0. The van der Waals surface area contributed by atoms with Crippen molar-refractivity contribution in [2.75, 3.05) is 7.11 Å². The summed E-state index contributed by atoms with van der Waals surface area (Å²) in [6, 6.07) is 22.7. The molecule has 1 aromatic heterocycles. The summed E-state index contributed by atoms with van der Waals surface area (Å²) in [5, 5.41) is 11.6. The van der Waals surface area contributed by atoms with E-state index >= 15 is 0 Å². The van der Waals surface area contributed by atoms with Gasteiger partial charge in [-0.3, -0.25) is 9.59 Å². The molecule has 43 heavy (non-hydrogen) atoms. The Bertz CT molecular complexity index is 1980. The number of ether oxygens (including phenoxy) is 1. The second-order valence-corrected chi connectivity index (χ2v) is 11.3. The quantitative estimate of drug-likeness (QED) is 0.373. The SMILES string of the molecule is COc1cccc([C@H]2C3=CCn4c(=O)n(C)c(=O)n4[C@@H]3C[C@H]3C(=O)C(c4ccccc4)=CC(=O)[C@@]23c2ccccc2)c1O. The maximum absolute atomic E-state index is 14.9. The van der Waals surface area contributed by atoms with Gasteiger partial charge in [0.05, 0.1) is 25.1 Å². The number of para-hydroxylation sites is 1. The van der Waals surface area contributed by atoms with Gasteiger partial charge in [-0.15, -0.1) is 0 Å². The van der Waals surface area contributed by atoms with Crippen LogP contribution in [0.25, 0.3) is 5.57 Å². The second kappa shape index (κ2) is 9.69. The van der Waals surface area contributed by atoms with Crippen molar-refractivity contribution >= 4 is 17.1 Å². The predicted octanol–water partition coefficient (Wildman–Crippen LogP) is 3.52. The van der Waals surface area contributed by atoms with Crippen LogP contribution in [0.1, 0.15) is 35.1 Å². The van der Waals surface area contributed by atoms with Crippen molar-refractivity contribution in [3.05, 3.63) is 134 Å². The van der Waals surface area contributed by atoms with Crippen LogP contribution in [0.5, 0.6) is 11.5 Å². The van der Waals surface area contributed by atoms with E-state index in [1.165, 1.54) is 29.6 Å². The van der Waals surface area contributed by atoms with Crippen molar-refractivity contribution in [3.63, 3.8) is 0 Å². The number of methoxy groups -OCH3 is 1. The largest absolute Gasteiger partial charge is 0.504 e. The number of carbonyl (C=O) groups excluding carboxylic acids is 2. The number of allylic oxidation sites excluding steroid dienone is 4. The predicted molar refractivity (Wildman–Crippen MR) is 159 cm³/mol. The molecule has 1 saturated carbocycles. The molecule has 7 rings (SSSR count). The molecule has 0 saturated heterocycles. The fourth-order valence-electron chi connectivity index (χ4n) is 7.53. The molecule has 9 nitrogen and oxygen atoms in total. The van der Waals surface area contributed by atoms with Crippen LogP contribution in [-0.4, -0.2) is 37.7 Å². The van der Waals surface area contributed by atoms with E-state index in [9.17, 15) is 24.3 Å². The molecular formula is C34H29N3O6. The highest BCUT2D eigenvalue weighted by molar-refractivity contribution is 6.31. The first kappa shape index (κ1) is 26.7. The summed E-state index contributed by atoms with van der Waals surface area (Å²) in [5.41, 5.74) is 0.252. The lowest BCUT2D eigenvalue weighted by Crippen LogP contribution is -2.58. The van der Waals surface area contributed by atoms with Crippen LogP contribution in [0, 0.1) is 5.92 Å². The van der Waals surface area contributed by atoms with Gasteiger partial charge in [0.1, 0.15) is 0 Å². The van der Waals surface area contributed by atoms with Gasteiger partial charge in [-0.25, -0.2) is 23.5 Å². The molecule has 4 atom stereocenters. The first-order valence-corrected chi connectivity index (χ1v) is 14.2. The van der Waals surface area contributed by atoms with Crippen molar-refractivity contribution in [3.8, 4) is 11.5 Å². The number of aromatic hydroxyl groups is 1. The van der Waals surface area contributed by atoms with Crippen molar-refractivity contribution in [2.24, 2.45) is 13.0 Å². The van der Waals surface area contributed by atoms with Crippen LogP contribution in [0.4, 0.5) is 0 Å². The highest BCUT2D eigenvalue weighted by Gasteiger charge is 2.63. The second-order valence-electron chi connectivity index (χ2n) is 11.3. The summed E-state index contributed by atoms with van der Waals surface area (Å²) in [6.07, 6.45) is 3.42. The minimum atomic E-state index is -1.44. The van der Waals surface area contributed by atoms with E-state index < -0.39 is 34.7 Å². The van der Waals surface area contributed by atoms with Crippen molar-refractivity contribution < 1.29 is 19.4 Å². The number of hydrogen-bond donors (Lipinski definition) is 1. The molecule has 2 heterocycles. The Kier molecular flexibility index (Phi) is 6.02. The lowest BCUT2D eigenvalue weighted by atomic mass is 9.47. The average Bonchev–Trinajstić information content (AvgIpc) is 3.26. The van der Waals surface area contributed by atoms with Gasteiger partial charge in [0.25, 0.3) is 0 Å². The number of Topliss-reactive ketones (excluding diaryl/α,β-unsaturated/α-hetero) is 1. The Hall–Kier alpha value is -5.18. The minimum absolute atomic E-state index is 0.102. The van der Waals surface area contributed by atoms with Crippen molar-refractivity contribution in [1.29, 1.82) is 0 Å². The molecule has 216 valence electrons. The fraction of sp³-hybridized carbons (Fsp3) is 0.235. The van der Waals surface area contributed by atoms with Crippen LogP contribution in [0.2, 0.25) is 0 Å². The van der Waals surface area contributed by atoms with Crippen LogP contribution < -0.4 is 16.1 Å². The standard InChI is InChI=1S/C34H29N3O6/c1-35-32(41)36-17-16-22-26(37(36)33(35)42)19-25-30(39)24(20-10-5-3-6-11-20)18-28(38)34(25,21-12-7-4-8-13-21)29(22)23-14-9-15-27(43-2)31(23)40/h3-16,18,25-26,29,40H,17,19H2,1-2H3/t25-,26+,29+,34-/m0/s1. The van der Waals surface area contributed by atoms with Gasteiger partial charge in [-0.2, -0.15) is 0 Å². The third-order valence-electron chi connectivity index (χ3n) is 9.39. The molecule has 0 spiro atoms. The number of nitrogens with zero attached hydrogens (tertiary/aromatic N) is 3. The van der Waals surface area contributed by atoms with E-state index in [2.05, 4.69) is 0 Å². The lowest BCUT2D eigenvalue weighted by molar-refractivity contribution is -0.133. The van der Waals surface area contributed by atoms with Gasteiger partial charge in [0.2, 0.25) is 0 Å². The van der Waals surface area contributed by atoms with Crippen LogP contribution in [0.15, 0.2) is 106 Å².